The van der Waals surface area contributed by atoms with Crippen LogP contribution in [0.2, 0.25) is 0 Å². The summed E-state index contributed by atoms with van der Waals surface area (Å²) in [6.45, 7) is 0. The molecule has 0 radical (unpaired) electrons. The fourth-order valence-corrected chi connectivity index (χ4v) is 2.07. The molecule has 2 rings (SSSR count). The molecule has 0 spiro atoms. The summed E-state index contributed by atoms with van der Waals surface area (Å²) in [4.78, 5) is 16.3. The highest BCUT2D eigenvalue weighted by Gasteiger charge is 2.04. The van der Waals surface area contributed by atoms with Crippen molar-refractivity contribution in [3.8, 4) is 0 Å². The number of carbonyl (C=O) groups excluding carboxylic acids is 1. The second-order valence-electron chi connectivity index (χ2n) is 2.59. The van der Waals surface area contributed by atoms with Crippen LogP contribution in [0.4, 0.5) is 5.69 Å². The van der Waals surface area contributed by atoms with Gasteiger partial charge < -0.3 is 5.32 Å². The molecule has 2 aromatic heterocycles. The van der Waals surface area contributed by atoms with Gasteiger partial charge in [0, 0.05) is 24.3 Å². The van der Waals surface area contributed by atoms with Crippen LogP contribution in [0.25, 0.3) is 10.2 Å². The molecule has 0 aliphatic heterocycles. The zero-order chi connectivity index (χ0) is 9.26. The Balaban J connectivity index is 2.74. The minimum atomic E-state index is 0.713. The Morgan fingerprint density at radius 2 is 2.46 bits per heavy atom. The molecule has 1 N–H and O–H groups in total. The van der Waals surface area contributed by atoms with Gasteiger partial charge in [0.15, 0.2) is 6.29 Å². The number of fused-ring (bicyclic) bond motifs is 1. The largest absolute Gasteiger partial charge is 0.388 e. The summed E-state index contributed by atoms with van der Waals surface area (Å²) >= 11 is 1.41. The first-order chi connectivity index (χ1) is 6.35. The minimum Gasteiger partial charge on any atom is -0.388 e. The van der Waals surface area contributed by atoms with Gasteiger partial charge in [0.2, 0.25) is 0 Å². The molecule has 0 aliphatic rings. The lowest BCUT2D eigenvalue weighted by Gasteiger charge is -1.98. The van der Waals surface area contributed by atoms with Gasteiger partial charge in [-0.25, -0.2) is 4.98 Å². The van der Waals surface area contributed by atoms with E-state index in [1.165, 1.54) is 11.3 Å². The molecule has 0 atom stereocenters. The van der Waals surface area contributed by atoms with E-state index in [1.54, 1.807) is 6.20 Å². The monoisotopic (exact) mass is 192 g/mol. The predicted octanol–water partition coefficient (Wildman–Crippen LogP) is 2.15. The molecule has 0 aromatic carbocycles. The highest BCUT2D eigenvalue weighted by molar-refractivity contribution is 7.20. The lowest BCUT2D eigenvalue weighted by molar-refractivity contribution is 0.112. The maximum absolute atomic E-state index is 10.5. The molecule has 13 heavy (non-hydrogen) atoms. The minimum absolute atomic E-state index is 0.713. The number of thiophene rings is 1. The first-order valence-corrected chi connectivity index (χ1v) is 4.68. The van der Waals surface area contributed by atoms with E-state index in [0.717, 1.165) is 22.2 Å². The van der Waals surface area contributed by atoms with Crippen molar-refractivity contribution in [3.05, 3.63) is 23.2 Å². The van der Waals surface area contributed by atoms with E-state index in [-0.39, 0.29) is 0 Å². The first kappa shape index (κ1) is 8.19. The second kappa shape index (κ2) is 3.14. The number of carbonyl (C=O) groups is 1. The van der Waals surface area contributed by atoms with Gasteiger partial charge in [-0.15, -0.1) is 11.3 Å². The number of pyridine rings is 1. The van der Waals surface area contributed by atoms with Gasteiger partial charge in [-0.3, -0.25) is 4.79 Å². The number of anilines is 1. The Labute approximate surface area is 79.4 Å². The highest BCUT2D eigenvalue weighted by Crippen LogP contribution is 2.28. The lowest BCUT2D eigenvalue weighted by atomic mass is 10.3. The average Bonchev–Trinajstić information content (AvgIpc) is 2.59. The van der Waals surface area contributed by atoms with Crippen LogP contribution in [-0.2, 0) is 0 Å². The van der Waals surface area contributed by atoms with Crippen LogP contribution in [0.5, 0.6) is 0 Å². The fourth-order valence-electron chi connectivity index (χ4n) is 1.23. The van der Waals surface area contributed by atoms with Gasteiger partial charge in [-0.2, -0.15) is 0 Å². The quantitative estimate of drug-likeness (QED) is 0.741. The Hall–Kier alpha value is -1.42. The summed E-state index contributed by atoms with van der Waals surface area (Å²) in [5, 5.41) is 4.07. The third-order valence-corrected chi connectivity index (χ3v) is 2.81. The van der Waals surface area contributed by atoms with Crippen LogP contribution >= 0.6 is 11.3 Å². The van der Waals surface area contributed by atoms with Gasteiger partial charge in [0.05, 0.1) is 4.88 Å². The van der Waals surface area contributed by atoms with E-state index in [2.05, 4.69) is 10.3 Å². The van der Waals surface area contributed by atoms with Crippen molar-refractivity contribution in [2.75, 3.05) is 12.4 Å². The number of rotatable bonds is 2. The van der Waals surface area contributed by atoms with Gasteiger partial charge in [0.25, 0.3) is 0 Å². The van der Waals surface area contributed by atoms with Crippen molar-refractivity contribution in [2.45, 2.75) is 0 Å². The van der Waals surface area contributed by atoms with E-state index in [9.17, 15) is 4.79 Å². The molecule has 0 amide bonds. The van der Waals surface area contributed by atoms with E-state index in [4.69, 9.17) is 0 Å². The topological polar surface area (TPSA) is 42.0 Å². The van der Waals surface area contributed by atoms with Crippen LogP contribution in [0, 0.1) is 0 Å². The molecule has 3 nitrogen and oxygen atoms in total. The van der Waals surface area contributed by atoms with Gasteiger partial charge >= 0.3 is 0 Å². The molecule has 0 unspecified atom stereocenters. The standard InChI is InChI=1S/C9H8N2OS/c1-10-8-2-3-11-9-7(8)4-6(5-12)13-9/h2-5H,1H3,(H,10,11). The molecule has 0 saturated carbocycles. The molecule has 0 fully saturated rings. The number of aldehydes is 1. The Morgan fingerprint density at radius 1 is 1.62 bits per heavy atom. The Bertz CT molecular complexity index is 450. The molecular formula is C9H8N2OS. The zero-order valence-corrected chi connectivity index (χ0v) is 7.89. The average molecular weight is 192 g/mol. The number of aromatic nitrogens is 1. The smallest absolute Gasteiger partial charge is 0.160 e. The third kappa shape index (κ3) is 1.29. The summed E-state index contributed by atoms with van der Waals surface area (Å²) in [5.74, 6) is 0. The fraction of sp³-hybridized carbons (Fsp3) is 0.111. The number of nitrogens with one attached hydrogen (secondary N) is 1. The van der Waals surface area contributed by atoms with Crippen molar-refractivity contribution in [2.24, 2.45) is 0 Å². The van der Waals surface area contributed by atoms with Crippen LogP contribution in [0.3, 0.4) is 0 Å². The molecule has 2 aromatic rings. The Morgan fingerprint density at radius 3 is 3.15 bits per heavy atom. The van der Waals surface area contributed by atoms with E-state index >= 15 is 0 Å². The molecule has 2 heterocycles. The van der Waals surface area contributed by atoms with Crippen LogP contribution in [0.1, 0.15) is 9.67 Å². The van der Waals surface area contributed by atoms with E-state index in [0.29, 0.717) is 4.88 Å². The van der Waals surface area contributed by atoms with E-state index in [1.807, 2.05) is 19.2 Å². The van der Waals surface area contributed by atoms with Crippen LogP contribution in [-0.4, -0.2) is 18.3 Å². The van der Waals surface area contributed by atoms with Crippen LogP contribution in [0.15, 0.2) is 18.3 Å². The third-order valence-electron chi connectivity index (χ3n) is 1.84. The normalized spacial score (nSPS) is 10.2. The van der Waals surface area contributed by atoms with Crippen LogP contribution < -0.4 is 5.32 Å². The van der Waals surface area contributed by atoms with Gasteiger partial charge in [-0.1, -0.05) is 0 Å². The molecule has 0 aliphatic carbocycles. The van der Waals surface area contributed by atoms with E-state index < -0.39 is 0 Å². The summed E-state index contributed by atoms with van der Waals surface area (Å²) in [5.41, 5.74) is 1.01. The SMILES string of the molecule is CNc1ccnc2sc(C=O)cc12. The number of nitrogens with zero attached hydrogens (tertiary/aromatic N) is 1. The molecular weight excluding hydrogens is 184 g/mol. The summed E-state index contributed by atoms with van der Waals surface area (Å²) in [6, 6.07) is 3.75. The molecule has 0 bridgehead atoms. The maximum Gasteiger partial charge on any atom is 0.160 e. The maximum atomic E-state index is 10.5. The molecule has 66 valence electrons. The lowest BCUT2D eigenvalue weighted by Crippen LogP contribution is -1.87. The summed E-state index contributed by atoms with van der Waals surface area (Å²) in [6.07, 6.45) is 2.59. The number of hydrogen-bond acceptors (Lipinski definition) is 4. The molecule has 0 saturated heterocycles. The summed E-state index contributed by atoms with van der Waals surface area (Å²) in [7, 11) is 1.85. The van der Waals surface area contributed by atoms with Crippen molar-refractivity contribution in [3.63, 3.8) is 0 Å². The Kier molecular flexibility index (Phi) is 1.98. The van der Waals surface area contributed by atoms with Crippen molar-refractivity contribution < 1.29 is 4.79 Å². The van der Waals surface area contributed by atoms with Crippen molar-refractivity contribution in [1.82, 2.24) is 4.98 Å². The first-order valence-electron chi connectivity index (χ1n) is 3.86. The van der Waals surface area contributed by atoms with Crippen molar-refractivity contribution >= 4 is 33.5 Å². The second-order valence-corrected chi connectivity index (χ2v) is 3.66. The van der Waals surface area contributed by atoms with Gasteiger partial charge in [-0.05, 0) is 12.1 Å². The van der Waals surface area contributed by atoms with Crippen molar-refractivity contribution in [1.29, 1.82) is 0 Å². The predicted molar refractivity (Wildman–Crippen MR) is 54.6 cm³/mol. The number of hydrogen-bond donors (Lipinski definition) is 1. The van der Waals surface area contributed by atoms with Gasteiger partial charge in [0.1, 0.15) is 4.83 Å². The molecule has 4 heteroatoms. The summed E-state index contributed by atoms with van der Waals surface area (Å²) < 4.78 is 0. The highest BCUT2D eigenvalue weighted by atomic mass is 32.1. The zero-order valence-electron chi connectivity index (χ0n) is 7.07.